The summed E-state index contributed by atoms with van der Waals surface area (Å²) in [6, 6.07) is 12.9. The van der Waals surface area contributed by atoms with Crippen molar-refractivity contribution in [2.75, 3.05) is 0 Å². The van der Waals surface area contributed by atoms with Crippen LogP contribution in [0.25, 0.3) is 11.1 Å². The molecule has 2 aromatic rings. The number of carbonyl (C=O) groups excluding carboxylic acids is 1. The number of rotatable bonds is 9. The lowest BCUT2D eigenvalue weighted by Gasteiger charge is -2.20. The molecule has 0 bridgehead atoms. The van der Waals surface area contributed by atoms with Crippen molar-refractivity contribution in [3.05, 3.63) is 59.1 Å². The van der Waals surface area contributed by atoms with Gasteiger partial charge < -0.3 is 15.5 Å². The number of halogens is 2. The number of carboxylic acids is 2. The van der Waals surface area contributed by atoms with Gasteiger partial charge in [0.2, 0.25) is 12.1 Å². The predicted molar refractivity (Wildman–Crippen MR) is 102 cm³/mol. The minimum atomic E-state index is -2.32. The van der Waals surface area contributed by atoms with Gasteiger partial charge in [-0.1, -0.05) is 48.0 Å². The number of hydrogen-bond donors (Lipinski definition) is 3. The van der Waals surface area contributed by atoms with E-state index in [1.54, 1.807) is 36.4 Å². The topological polar surface area (TPSA) is 104 Å². The van der Waals surface area contributed by atoms with E-state index < -0.39 is 36.5 Å². The summed E-state index contributed by atoms with van der Waals surface area (Å²) < 4.78 is 14.1. The predicted octanol–water partition coefficient (Wildman–Crippen LogP) is 3.32. The Morgan fingerprint density at radius 1 is 1.00 bits per heavy atom. The first-order chi connectivity index (χ1) is 13.3. The van der Waals surface area contributed by atoms with E-state index >= 15 is 0 Å². The molecule has 0 spiro atoms. The molecule has 6 nitrogen and oxygen atoms in total. The van der Waals surface area contributed by atoms with E-state index in [1.807, 2.05) is 12.1 Å². The van der Waals surface area contributed by atoms with Crippen molar-refractivity contribution in [2.24, 2.45) is 0 Å². The van der Waals surface area contributed by atoms with Crippen LogP contribution >= 0.6 is 11.6 Å². The molecule has 0 aliphatic rings. The van der Waals surface area contributed by atoms with E-state index in [0.717, 1.165) is 11.1 Å². The van der Waals surface area contributed by atoms with E-state index in [2.05, 4.69) is 5.32 Å². The second kappa shape index (κ2) is 9.85. The molecule has 0 aliphatic heterocycles. The van der Waals surface area contributed by atoms with E-state index in [0.29, 0.717) is 10.6 Å². The van der Waals surface area contributed by atoms with Gasteiger partial charge in [-0.25, -0.2) is 9.18 Å². The fourth-order valence-electron chi connectivity index (χ4n) is 2.65. The molecule has 0 unspecified atom stereocenters. The van der Waals surface area contributed by atoms with Crippen molar-refractivity contribution in [2.45, 2.75) is 31.5 Å². The van der Waals surface area contributed by atoms with Crippen LogP contribution in [0, 0.1) is 0 Å². The fourth-order valence-corrected chi connectivity index (χ4v) is 2.84. The van der Waals surface area contributed by atoms with Gasteiger partial charge in [-0.15, -0.1) is 0 Å². The van der Waals surface area contributed by atoms with Crippen LogP contribution < -0.4 is 5.32 Å². The first-order valence-corrected chi connectivity index (χ1v) is 8.87. The molecule has 3 N–H and O–H groups in total. The van der Waals surface area contributed by atoms with E-state index in [9.17, 15) is 18.8 Å². The highest BCUT2D eigenvalue weighted by Crippen LogP contribution is 2.23. The first kappa shape index (κ1) is 21.4. The lowest BCUT2D eigenvalue weighted by molar-refractivity contribution is -0.144. The molecule has 148 valence electrons. The number of carbonyl (C=O) groups is 3. The van der Waals surface area contributed by atoms with Gasteiger partial charge in [-0.2, -0.15) is 0 Å². The number of nitrogens with one attached hydrogen (secondary N) is 1. The summed E-state index contributed by atoms with van der Waals surface area (Å²) in [5.41, 5.74) is 2.40. The molecule has 0 heterocycles. The Bertz CT molecular complexity index is 856. The molecule has 2 aromatic carbocycles. The minimum Gasteiger partial charge on any atom is -0.481 e. The Labute approximate surface area is 165 Å². The Hall–Kier alpha value is -2.93. The lowest BCUT2D eigenvalue weighted by atomic mass is 9.98. The fraction of sp³-hybridized carbons (Fsp3) is 0.250. The van der Waals surface area contributed by atoms with Gasteiger partial charge in [0, 0.05) is 11.4 Å². The molecular formula is C20H19ClFNO5. The molecule has 0 saturated heterocycles. The van der Waals surface area contributed by atoms with Crippen LogP contribution in [0.4, 0.5) is 4.39 Å². The third-order valence-corrected chi connectivity index (χ3v) is 4.30. The second-order valence-electron chi connectivity index (χ2n) is 6.22. The largest absolute Gasteiger partial charge is 0.481 e. The molecule has 0 saturated carbocycles. The van der Waals surface area contributed by atoms with Crippen LogP contribution in [0.3, 0.4) is 0 Å². The summed E-state index contributed by atoms with van der Waals surface area (Å²) >= 11 is 5.98. The monoisotopic (exact) mass is 407 g/mol. The maximum Gasteiger partial charge on any atom is 0.340 e. The third kappa shape index (κ3) is 6.35. The molecular weight excluding hydrogens is 389 g/mol. The maximum atomic E-state index is 14.1. The summed E-state index contributed by atoms with van der Waals surface area (Å²) in [4.78, 5) is 33.4. The molecule has 0 fully saturated rings. The Morgan fingerprint density at radius 2 is 1.68 bits per heavy atom. The lowest BCUT2D eigenvalue weighted by Crippen LogP contribution is -2.46. The summed E-state index contributed by atoms with van der Waals surface area (Å²) in [5, 5.41) is 20.4. The van der Waals surface area contributed by atoms with Crippen molar-refractivity contribution in [1.82, 2.24) is 5.32 Å². The van der Waals surface area contributed by atoms with Gasteiger partial charge in [-0.3, -0.25) is 9.59 Å². The van der Waals surface area contributed by atoms with Crippen molar-refractivity contribution in [3.8, 4) is 11.1 Å². The smallest absolute Gasteiger partial charge is 0.340 e. The summed E-state index contributed by atoms with van der Waals surface area (Å²) in [7, 11) is 0. The van der Waals surface area contributed by atoms with Gasteiger partial charge in [0.25, 0.3) is 0 Å². The van der Waals surface area contributed by atoms with Gasteiger partial charge in [0.15, 0.2) is 0 Å². The molecule has 28 heavy (non-hydrogen) atoms. The standard InChI is InChI=1S/C20H19ClFNO5/c21-15-3-1-2-14(11-15)13-6-4-12(5-7-13)10-16(19(22)20(27)28)23-17(24)8-9-18(25)26/h1-7,11,16,19H,8-10H2,(H,23,24)(H,25,26)(H,27,28)/t16-,19+/m1/s1. The molecule has 0 radical (unpaired) electrons. The van der Waals surface area contributed by atoms with Gasteiger partial charge in [0.05, 0.1) is 12.5 Å². The molecule has 8 heteroatoms. The zero-order chi connectivity index (χ0) is 20.7. The van der Waals surface area contributed by atoms with Crippen molar-refractivity contribution in [1.29, 1.82) is 0 Å². The van der Waals surface area contributed by atoms with Crippen LogP contribution in [-0.2, 0) is 20.8 Å². The summed E-state index contributed by atoms with van der Waals surface area (Å²) in [5.74, 6) is -3.58. The minimum absolute atomic E-state index is 0.0535. The van der Waals surface area contributed by atoms with Crippen molar-refractivity contribution < 1.29 is 29.0 Å². The average Bonchev–Trinajstić information content (AvgIpc) is 2.65. The van der Waals surface area contributed by atoms with Crippen LogP contribution in [-0.4, -0.2) is 40.3 Å². The van der Waals surface area contributed by atoms with Crippen LogP contribution in [0.1, 0.15) is 18.4 Å². The highest BCUT2D eigenvalue weighted by atomic mass is 35.5. The van der Waals surface area contributed by atoms with Crippen molar-refractivity contribution >= 4 is 29.4 Å². The molecule has 2 atom stereocenters. The van der Waals surface area contributed by atoms with Crippen LogP contribution in [0.15, 0.2) is 48.5 Å². The second-order valence-corrected chi connectivity index (χ2v) is 6.66. The third-order valence-electron chi connectivity index (χ3n) is 4.07. The number of amides is 1. The van der Waals surface area contributed by atoms with Crippen LogP contribution in [0.2, 0.25) is 5.02 Å². The quantitative estimate of drug-likeness (QED) is 0.591. The van der Waals surface area contributed by atoms with Gasteiger partial charge >= 0.3 is 11.9 Å². The average molecular weight is 408 g/mol. The van der Waals surface area contributed by atoms with Crippen LogP contribution in [0.5, 0.6) is 0 Å². The van der Waals surface area contributed by atoms with Crippen molar-refractivity contribution in [3.63, 3.8) is 0 Å². The normalized spacial score (nSPS) is 12.8. The number of hydrogen-bond acceptors (Lipinski definition) is 3. The highest BCUT2D eigenvalue weighted by Gasteiger charge is 2.29. The summed E-state index contributed by atoms with van der Waals surface area (Å²) in [6.45, 7) is 0. The number of alkyl halides is 1. The Balaban J connectivity index is 2.11. The highest BCUT2D eigenvalue weighted by molar-refractivity contribution is 6.30. The Kier molecular flexibility index (Phi) is 7.52. The maximum absolute atomic E-state index is 14.1. The van der Waals surface area contributed by atoms with E-state index in [1.165, 1.54) is 0 Å². The molecule has 1 amide bonds. The molecule has 0 aromatic heterocycles. The Morgan fingerprint density at radius 3 is 2.25 bits per heavy atom. The summed E-state index contributed by atoms with van der Waals surface area (Å²) in [6.07, 6.45) is -3.15. The molecule has 0 aliphatic carbocycles. The first-order valence-electron chi connectivity index (χ1n) is 8.49. The number of benzene rings is 2. The zero-order valence-electron chi connectivity index (χ0n) is 14.8. The van der Waals surface area contributed by atoms with E-state index in [4.69, 9.17) is 21.8 Å². The van der Waals surface area contributed by atoms with Gasteiger partial charge in [0.1, 0.15) is 0 Å². The SMILES string of the molecule is O=C(O)CCC(=O)N[C@H](Cc1ccc(-c2cccc(Cl)c2)cc1)[C@H](F)C(=O)O. The number of carboxylic acid groups (broad SMARTS) is 2. The molecule has 2 rings (SSSR count). The van der Waals surface area contributed by atoms with E-state index in [-0.39, 0.29) is 12.8 Å². The zero-order valence-corrected chi connectivity index (χ0v) is 15.5. The van der Waals surface area contributed by atoms with Gasteiger partial charge in [-0.05, 0) is 35.2 Å². The number of aliphatic carboxylic acids is 2.